The number of benzene rings is 2. The highest BCUT2D eigenvalue weighted by atomic mass is 35.5. The molecule has 2 aromatic rings. The standard InChI is InChI=1S/C18H19ClO/c1-2-3-7-14-10-12-16(13-11-14)18(20)17(19)15-8-5-4-6-9-15/h4-6,8-13,17H,2-3,7H2,1H3. The Labute approximate surface area is 125 Å². The van der Waals surface area contributed by atoms with Crippen LogP contribution in [0.15, 0.2) is 54.6 Å². The molecule has 20 heavy (non-hydrogen) atoms. The van der Waals surface area contributed by atoms with E-state index in [0.29, 0.717) is 5.56 Å². The highest BCUT2D eigenvalue weighted by molar-refractivity contribution is 6.33. The van der Waals surface area contributed by atoms with E-state index < -0.39 is 5.38 Å². The number of aryl methyl sites for hydroxylation is 1. The van der Waals surface area contributed by atoms with Gasteiger partial charge in [0, 0.05) is 5.56 Å². The number of Topliss-reactive ketones (excluding diaryl/α,β-unsaturated/α-hetero) is 1. The quantitative estimate of drug-likeness (QED) is 0.527. The average molecular weight is 287 g/mol. The second-order valence-corrected chi connectivity index (χ2v) is 5.37. The van der Waals surface area contributed by atoms with Crippen LogP contribution in [0.3, 0.4) is 0 Å². The largest absolute Gasteiger partial charge is 0.292 e. The van der Waals surface area contributed by atoms with E-state index in [2.05, 4.69) is 6.92 Å². The fraction of sp³-hybridized carbons (Fsp3) is 0.278. The summed E-state index contributed by atoms with van der Waals surface area (Å²) < 4.78 is 0. The molecule has 0 aliphatic heterocycles. The van der Waals surface area contributed by atoms with Gasteiger partial charge in [-0.15, -0.1) is 11.6 Å². The van der Waals surface area contributed by atoms with Crippen molar-refractivity contribution in [3.8, 4) is 0 Å². The molecule has 1 unspecified atom stereocenters. The first-order valence-electron chi connectivity index (χ1n) is 7.04. The van der Waals surface area contributed by atoms with E-state index >= 15 is 0 Å². The second kappa shape index (κ2) is 7.25. The Morgan fingerprint density at radius 3 is 2.30 bits per heavy atom. The van der Waals surface area contributed by atoms with Crippen LogP contribution in [0.1, 0.15) is 46.6 Å². The average Bonchev–Trinajstić information content (AvgIpc) is 2.53. The van der Waals surface area contributed by atoms with Crippen LogP contribution < -0.4 is 0 Å². The first-order valence-corrected chi connectivity index (χ1v) is 7.48. The summed E-state index contributed by atoms with van der Waals surface area (Å²) >= 11 is 6.27. The minimum Gasteiger partial charge on any atom is -0.292 e. The van der Waals surface area contributed by atoms with Crippen LogP contribution in [0.4, 0.5) is 0 Å². The zero-order valence-corrected chi connectivity index (χ0v) is 12.4. The van der Waals surface area contributed by atoms with Gasteiger partial charge in [0.05, 0.1) is 0 Å². The minimum absolute atomic E-state index is 0.0418. The Hall–Kier alpha value is -1.60. The molecular formula is C18H19ClO. The van der Waals surface area contributed by atoms with Gasteiger partial charge in [0.15, 0.2) is 5.78 Å². The van der Waals surface area contributed by atoms with Gasteiger partial charge in [0.25, 0.3) is 0 Å². The fourth-order valence-electron chi connectivity index (χ4n) is 2.14. The zero-order valence-electron chi connectivity index (χ0n) is 11.7. The van der Waals surface area contributed by atoms with Crippen molar-refractivity contribution in [2.24, 2.45) is 0 Å². The fourth-order valence-corrected chi connectivity index (χ4v) is 2.41. The molecule has 1 atom stereocenters. The molecule has 0 bridgehead atoms. The van der Waals surface area contributed by atoms with E-state index in [1.54, 1.807) is 0 Å². The molecule has 104 valence electrons. The topological polar surface area (TPSA) is 17.1 Å². The first kappa shape index (κ1) is 14.8. The molecule has 0 aromatic heterocycles. The van der Waals surface area contributed by atoms with Crippen LogP contribution in [-0.2, 0) is 6.42 Å². The van der Waals surface area contributed by atoms with Crippen molar-refractivity contribution in [1.29, 1.82) is 0 Å². The Balaban J connectivity index is 2.09. The third-order valence-corrected chi connectivity index (χ3v) is 3.83. The number of halogens is 1. The van der Waals surface area contributed by atoms with Gasteiger partial charge in [-0.1, -0.05) is 67.9 Å². The predicted octanol–water partition coefficient (Wildman–Crippen LogP) is 5.19. The monoisotopic (exact) mass is 286 g/mol. The normalized spacial score (nSPS) is 12.1. The van der Waals surface area contributed by atoms with E-state index in [0.717, 1.165) is 12.0 Å². The number of hydrogen-bond acceptors (Lipinski definition) is 1. The summed E-state index contributed by atoms with van der Waals surface area (Å²) in [5.74, 6) is -0.0418. The van der Waals surface area contributed by atoms with E-state index in [1.165, 1.54) is 18.4 Å². The number of carbonyl (C=O) groups excluding carboxylic acids is 1. The van der Waals surface area contributed by atoms with Gasteiger partial charge in [-0.25, -0.2) is 0 Å². The van der Waals surface area contributed by atoms with E-state index in [-0.39, 0.29) is 5.78 Å². The summed E-state index contributed by atoms with van der Waals surface area (Å²) in [6.07, 6.45) is 3.42. The Bertz CT molecular complexity index is 545. The molecule has 0 heterocycles. The van der Waals surface area contributed by atoms with Crippen LogP contribution in [0, 0.1) is 0 Å². The van der Waals surface area contributed by atoms with Gasteiger partial charge in [-0.3, -0.25) is 4.79 Å². The lowest BCUT2D eigenvalue weighted by molar-refractivity contribution is 0.0987. The molecule has 0 spiro atoms. The maximum absolute atomic E-state index is 12.3. The Kier molecular flexibility index (Phi) is 5.37. The lowest BCUT2D eigenvalue weighted by Gasteiger charge is -2.09. The summed E-state index contributed by atoms with van der Waals surface area (Å²) in [5.41, 5.74) is 2.79. The highest BCUT2D eigenvalue weighted by Crippen LogP contribution is 2.25. The Morgan fingerprint density at radius 2 is 1.70 bits per heavy atom. The third kappa shape index (κ3) is 3.71. The number of unbranched alkanes of at least 4 members (excludes halogenated alkanes) is 1. The predicted molar refractivity (Wildman–Crippen MR) is 84.4 cm³/mol. The first-order chi connectivity index (χ1) is 9.72. The maximum atomic E-state index is 12.3. The van der Waals surface area contributed by atoms with Crippen molar-refractivity contribution in [2.45, 2.75) is 31.6 Å². The molecule has 0 radical (unpaired) electrons. The van der Waals surface area contributed by atoms with Gasteiger partial charge < -0.3 is 0 Å². The lowest BCUT2D eigenvalue weighted by atomic mass is 10.00. The molecule has 2 heteroatoms. The number of rotatable bonds is 6. The number of hydrogen-bond donors (Lipinski definition) is 0. The van der Waals surface area contributed by atoms with Gasteiger partial charge in [-0.2, -0.15) is 0 Å². The molecule has 0 N–H and O–H groups in total. The van der Waals surface area contributed by atoms with Gasteiger partial charge >= 0.3 is 0 Å². The van der Waals surface area contributed by atoms with Crippen LogP contribution >= 0.6 is 11.6 Å². The molecule has 0 aliphatic carbocycles. The third-order valence-electron chi connectivity index (χ3n) is 3.38. The second-order valence-electron chi connectivity index (χ2n) is 4.94. The van der Waals surface area contributed by atoms with Crippen molar-refractivity contribution in [3.05, 3.63) is 71.3 Å². The van der Waals surface area contributed by atoms with Crippen molar-refractivity contribution in [2.75, 3.05) is 0 Å². The molecular weight excluding hydrogens is 268 g/mol. The lowest BCUT2D eigenvalue weighted by Crippen LogP contribution is -2.07. The van der Waals surface area contributed by atoms with E-state index in [1.807, 2.05) is 54.6 Å². The van der Waals surface area contributed by atoms with Crippen LogP contribution in [0.5, 0.6) is 0 Å². The van der Waals surface area contributed by atoms with Crippen molar-refractivity contribution < 1.29 is 4.79 Å². The van der Waals surface area contributed by atoms with Crippen molar-refractivity contribution in [3.63, 3.8) is 0 Å². The summed E-state index contributed by atoms with van der Waals surface area (Å²) in [5, 5.41) is -0.613. The molecule has 2 aromatic carbocycles. The smallest absolute Gasteiger partial charge is 0.185 e. The van der Waals surface area contributed by atoms with Crippen LogP contribution in [0.25, 0.3) is 0 Å². The highest BCUT2D eigenvalue weighted by Gasteiger charge is 2.18. The zero-order chi connectivity index (χ0) is 14.4. The minimum atomic E-state index is -0.613. The SMILES string of the molecule is CCCCc1ccc(C(=O)C(Cl)c2ccccc2)cc1. The summed E-state index contributed by atoms with van der Waals surface area (Å²) in [7, 11) is 0. The molecule has 0 saturated carbocycles. The molecule has 0 aliphatic rings. The summed E-state index contributed by atoms with van der Waals surface area (Å²) in [6, 6.07) is 17.3. The molecule has 0 amide bonds. The van der Waals surface area contributed by atoms with E-state index in [9.17, 15) is 4.79 Å². The van der Waals surface area contributed by atoms with Crippen LogP contribution in [0.2, 0.25) is 0 Å². The van der Waals surface area contributed by atoms with Crippen molar-refractivity contribution >= 4 is 17.4 Å². The molecule has 1 nitrogen and oxygen atoms in total. The molecule has 0 saturated heterocycles. The molecule has 0 fully saturated rings. The van der Waals surface area contributed by atoms with Gasteiger partial charge in [0.2, 0.25) is 0 Å². The van der Waals surface area contributed by atoms with Gasteiger partial charge in [0.1, 0.15) is 5.38 Å². The maximum Gasteiger partial charge on any atom is 0.185 e. The summed E-state index contributed by atoms with van der Waals surface area (Å²) in [4.78, 5) is 12.3. The Morgan fingerprint density at radius 1 is 1.05 bits per heavy atom. The van der Waals surface area contributed by atoms with Crippen molar-refractivity contribution in [1.82, 2.24) is 0 Å². The molecule has 2 rings (SSSR count). The summed E-state index contributed by atoms with van der Waals surface area (Å²) in [6.45, 7) is 2.18. The van der Waals surface area contributed by atoms with E-state index in [4.69, 9.17) is 11.6 Å². The number of alkyl halides is 1. The van der Waals surface area contributed by atoms with Crippen LogP contribution in [-0.4, -0.2) is 5.78 Å². The number of carbonyl (C=O) groups is 1. The van der Waals surface area contributed by atoms with Gasteiger partial charge in [-0.05, 0) is 24.0 Å². The number of ketones is 1.